The molecule has 166 valence electrons. The van der Waals surface area contributed by atoms with Crippen LogP contribution < -0.4 is 20.7 Å². The molecule has 0 radical (unpaired) electrons. The number of nitrogens with one attached hydrogen (secondary N) is 3. The number of pyridine rings is 1. The second-order valence-corrected chi connectivity index (χ2v) is 7.14. The van der Waals surface area contributed by atoms with Crippen LogP contribution in [0, 0.1) is 0 Å². The number of carbonyl (C=O) groups excluding carboxylic acids is 1. The predicted molar refractivity (Wildman–Crippen MR) is 127 cm³/mol. The SMILES string of the molecule is CN=C(NCCc1cccc(C(=O)NC)c1)NCc1ccc(OCc2ccccn2)cc1. The first kappa shape index (κ1) is 22.8. The number of benzene rings is 2. The maximum atomic E-state index is 11.8. The second-order valence-electron chi connectivity index (χ2n) is 7.14. The first-order valence-corrected chi connectivity index (χ1v) is 10.5. The Bertz CT molecular complexity index is 1020. The molecule has 0 aliphatic rings. The fourth-order valence-electron chi connectivity index (χ4n) is 3.09. The highest BCUT2D eigenvalue weighted by atomic mass is 16.5. The van der Waals surface area contributed by atoms with Crippen LogP contribution in [0.5, 0.6) is 5.75 Å². The van der Waals surface area contributed by atoms with E-state index in [0.717, 1.165) is 35.0 Å². The minimum Gasteiger partial charge on any atom is -0.487 e. The summed E-state index contributed by atoms with van der Waals surface area (Å²) in [5.41, 5.74) is 3.78. The van der Waals surface area contributed by atoms with Crippen molar-refractivity contribution >= 4 is 11.9 Å². The molecule has 0 aliphatic heterocycles. The summed E-state index contributed by atoms with van der Waals surface area (Å²) in [4.78, 5) is 20.3. The van der Waals surface area contributed by atoms with Crippen LogP contribution >= 0.6 is 0 Å². The Morgan fingerprint density at radius 1 is 1.00 bits per heavy atom. The predicted octanol–water partition coefficient (Wildman–Crippen LogP) is 2.93. The van der Waals surface area contributed by atoms with E-state index in [1.54, 1.807) is 20.3 Å². The van der Waals surface area contributed by atoms with Gasteiger partial charge in [0.25, 0.3) is 5.91 Å². The van der Waals surface area contributed by atoms with Gasteiger partial charge in [-0.25, -0.2) is 0 Å². The van der Waals surface area contributed by atoms with Crippen molar-refractivity contribution in [2.24, 2.45) is 4.99 Å². The number of nitrogens with zero attached hydrogens (tertiary/aromatic N) is 2. The van der Waals surface area contributed by atoms with Gasteiger partial charge in [-0.15, -0.1) is 0 Å². The van der Waals surface area contributed by atoms with Crippen LogP contribution in [0.3, 0.4) is 0 Å². The Labute approximate surface area is 189 Å². The number of carbonyl (C=O) groups is 1. The van der Waals surface area contributed by atoms with E-state index in [2.05, 4.69) is 25.9 Å². The molecule has 0 unspecified atom stereocenters. The third kappa shape index (κ3) is 7.12. The number of amides is 1. The van der Waals surface area contributed by atoms with Crippen LogP contribution in [-0.2, 0) is 19.6 Å². The molecule has 3 rings (SSSR count). The molecule has 7 nitrogen and oxygen atoms in total. The highest BCUT2D eigenvalue weighted by Crippen LogP contribution is 2.13. The summed E-state index contributed by atoms with van der Waals surface area (Å²) in [6.07, 6.45) is 2.55. The van der Waals surface area contributed by atoms with E-state index in [1.165, 1.54) is 0 Å². The zero-order valence-corrected chi connectivity index (χ0v) is 18.5. The number of guanidine groups is 1. The molecule has 1 amide bonds. The second kappa shape index (κ2) is 12.1. The van der Waals surface area contributed by atoms with Crippen LogP contribution in [0.2, 0.25) is 0 Å². The van der Waals surface area contributed by atoms with E-state index >= 15 is 0 Å². The van der Waals surface area contributed by atoms with Crippen LogP contribution in [-0.4, -0.2) is 37.5 Å². The van der Waals surface area contributed by atoms with Gasteiger partial charge in [-0.2, -0.15) is 0 Å². The number of aromatic nitrogens is 1. The van der Waals surface area contributed by atoms with Gasteiger partial charge in [0.05, 0.1) is 5.69 Å². The van der Waals surface area contributed by atoms with Crippen molar-refractivity contribution in [1.82, 2.24) is 20.9 Å². The van der Waals surface area contributed by atoms with Crippen molar-refractivity contribution in [3.63, 3.8) is 0 Å². The van der Waals surface area contributed by atoms with Gasteiger partial charge in [0, 0.05) is 38.9 Å². The summed E-state index contributed by atoms with van der Waals surface area (Å²) in [5, 5.41) is 9.27. The standard InChI is InChI=1S/C25H29N5O2/c1-26-24(31)21-7-5-6-19(16-21)13-15-29-25(27-2)30-17-20-9-11-23(12-10-20)32-18-22-8-3-4-14-28-22/h3-12,14,16H,13,15,17-18H2,1-2H3,(H,26,31)(H2,27,29,30). The molecule has 3 aromatic rings. The molecule has 0 bridgehead atoms. The minimum absolute atomic E-state index is 0.0783. The molecular weight excluding hydrogens is 402 g/mol. The van der Waals surface area contributed by atoms with E-state index in [1.807, 2.05) is 66.7 Å². The van der Waals surface area contributed by atoms with Gasteiger partial charge < -0.3 is 20.7 Å². The molecule has 0 fully saturated rings. The summed E-state index contributed by atoms with van der Waals surface area (Å²) in [6.45, 7) is 1.80. The van der Waals surface area contributed by atoms with Crippen LogP contribution in [0.1, 0.15) is 27.2 Å². The molecule has 0 saturated heterocycles. The zero-order valence-electron chi connectivity index (χ0n) is 18.5. The minimum atomic E-state index is -0.0783. The summed E-state index contributed by atoms with van der Waals surface area (Å²) in [5.74, 6) is 1.45. The van der Waals surface area contributed by atoms with Gasteiger partial charge in [0.2, 0.25) is 0 Å². The third-order valence-corrected chi connectivity index (χ3v) is 4.84. The molecule has 0 atom stereocenters. The van der Waals surface area contributed by atoms with Gasteiger partial charge in [-0.1, -0.05) is 30.3 Å². The van der Waals surface area contributed by atoms with Gasteiger partial charge in [0.1, 0.15) is 12.4 Å². The third-order valence-electron chi connectivity index (χ3n) is 4.84. The molecule has 1 heterocycles. The Hall–Kier alpha value is -3.87. The first-order valence-electron chi connectivity index (χ1n) is 10.5. The van der Waals surface area contributed by atoms with Gasteiger partial charge in [0.15, 0.2) is 5.96 Å². The van der Waals surface area contributed by atoms with Crippen molar-refractivity contribution in [3.05, 3.63) is 95.3 Å². The van der Waals surface area contributed by atoms with Crippen molar-refractivity contribution in [3.8, 4) is 5.75 Å². The fourth-order valence-corrected chi connectivity index (χ4v) is 3.09. The lowest BCUT2D eigenvalue weighted by Gasteiger charge is -2.13. The van der Waals surface area contributed by atoms with Gasteiger partial charge >= 0.3 is 0 Å². The van der Waals surface area contributed by atoms with Crippen LogP contribution in [0.15, 0.2) is 77.9 Å². The molecule has 7 heteroatoms. The Morgan fingerprint density at radius 3 is 2.56 bits per heavy atom. The van der Waals surface area contributed by atoms with Crippen LogP contribution in [0.25, 0.3) is 0 Å². The van der Waals surface area contributed by atoms with E-state index < -0.39 is 0 Å². The van der Waals surface area contributed by atoms with Crippen molar-refractivity contribution in [1.29, 1.82) is 0 Å². The lowest BCUT2D eigenvalue weighted by Crippen LogP contribution is -2.37. The van der Waals surface area contributed by atoms with E-state index in [-0.39, 0.29) is 5.91 Å². The van der Waals surface area contributed by atoms with Crippen molar-refractivity contribution < 1.29 is 9.53 Å². The van der Waals surface area contributed by atoms with E-state index in [9.17, 15) is 4.79 Å². The van der Waals surface area contributed by atoms with Crippen molar-refractivity contribution in [2.45, 2.75) is 19.6 Å². The molecule has 32 heavy (non-hydrogen) atoms. The van der Waals surface area contributed by atoms with Gasteiger partial charge in [-0.3, -0.25) is 14.8 Å². The van der Waals surface area contributed by atoms with E-state index in [0.29, 0.717) is 25.3 Å². The summed E-state index contributed by atoms with van der Waals surface area (Å²) in [6, 6.07) is 21.4. The smallest absolute Gasteiger partial charge is 0.251 e. The summed E-state index contributed by atoms with van der Waals surface area (Å²) < 4.78 is 5.78. The Kier molecular flexibility index (Phi) is 8.62. The molecule has 2 aromatic carbocycles. The number of ether oxygens (including phenoxy) is 1. The quantitative estimate of drug-likeness (QED) is 0.358. The lowest BCUT2D eigenvalue weighted by atomic mass is 10.1. The van der Waals surface area contributed by atoms with Crippen LogP contribution in [0.4, 0.5) is 0 Å². The number of hydrogen-bond acceptors (Lipinski definition) is 4. The molecule has 0 spiro atoms. The highest BCUT2D eigenvalue weighted by molar-refractivity contribution is 5.94. The van der Waals surface area contributed by atoms with Gasteiger partial charge in [-0.05, 0) is 53.9 Å². The first-order chi connectivity index (χ1) is 15.7. The Morgan fingerprint density at radius 2 is 1.84 bits per heavy atom. The summed E-state index contributed by atoms with van der Waals surface area (Å²) in [7, 11) is 3.38. The number of aliphatic imine (C=N–C) groups is 1. The number of hydrogen-bond donors (Lipinski definition) is 3. The lowest BCUT2D eigenvalue weighted by molar-refractivity contribution is 0.0963. The molecule has 1 aromatic heterocycles. The normalized spacial score (nSPS) is 11.0. The van der Waals surface area contributed by atoms with E-state index in [4.69, 9.17) is 4.74 Å². The maximum absolute atomic E-state index is 11.8. The fraction of sp³-hybridized carbons (Fsp3) is 0.240. The average molecular weight is 432 g/mol. The van der Waals surface area contributed by atoms with Crippen molar-refractivity contribution in [2.75, 3.05) is 20.6 Å². The average Bonchev–Trinajstić information content (AvgIpc) is 2.85. The molecule has 3 N–H and O–H groups in total. The zero-order chi connectivity index (χ0) is 22.6. The topological polar surface area (TPSA) is 87.6 Å². The number of rotatable bonds is 9. The summed E-state index contributed by atoms with van der Waals surface area (Å²) >= 11 is 0. The molecule has 0 aliphatic carbocycles. The Balaban J connectivity index is 1.42. The largest absolute Gasteiger partial charge is 0.487 e. The highest BCUT2D eigenvalue weighted by Gasteiger charge is 2.04. The maximum Gasteiger partial charge on any atom is 0.251 e. The molecule has 0 saturated carbocycles. The monoisotopic (exact) mass is 431 g/mol. The molecular formula is C25H29N5O2.